The van der Waals surface area contributed by atoms with Gasteiger partial charge in [0.1, 0.15) is 11.6 Å². The second-order valence-corrected chi connectivity index (χ2v) is 9.58. The second-order valence-electron chi connectivity index (χ2n) is 8.77. The number of rotatable bonds is 6. The zero-order chi connectivity index (χ0) is 24.4. The molecule has 1 fully saturated rings. The molecule has 2 aromatic heterocycles. The minimum absolute atomic E-state index is 0.358. The van der Waals surface area contributed by atoms with Gasteiger partial charge in [0, 0.05) is 23.4 Å². The molecule has 8 heteroatoms. The van der Waals surface area contributed by atoms with Gasteiger partial charge in [0.15, 0.2) is 0 Å². The van der Waals surface area contributed by atoms with Gasteiger partial charge < -0.3 is 15.8 Å². The van der Waals surface area contributed by atoms with E-state index in [1.165, 1.54) is 19.3 Å². The molecule has 0 saturated heterocycles. The van der Waals surface area contributed by atoms with Gasteiger partial charge in [0.05, 0.1) is 45.8 Å². The van der Waals surface area contributed by atoms with Crippen molar-refractivity contribution in [3.63, 3.8) is 0 Å². The number of hydrogen-bond donors (Lipinski definition) is 2. The van der Waals surface area contributed by atoms with Gasteiger partial charge in [0.25, 0.3) is 0 Å². The highest BCUT2D eigenvalue weighted by Gasteiger charge is 2.20. The maximum Gasteiger partial charge on any atom is 0.135 e. The highest BCUT2D eigenvalue weighted by molar-refractivity contribution is 6.33. The topological polar surface area (TPSA) is 76.9 Å². The lowest BCUT2D eigenvalue weighted by Crippen LogP contribution is -2.25. The first kappa shape index (κ1) is 23.5. The quantitative estimate of drug-likeness (QED) is 0.215. The van der Waals surface area contributed by atoms with E-state index >= 15 is 0 Å². The predicted molar refractivity (Wildman–Crippen MR) is 145 cm³/mol. The van der Waals surface area contributed by atoms with Gasteiger partial charge in [-0.1, -0.05) is 54.6 Å². The summed E-state index contributed by atoms with van der Waals surface area (Å²) in [6.45, 7) is 0. The smallest absolute Gasteiger partial charge is 0.135 e. The molecule has 0 spiro atoms. The number of nitrogens with one attached hydrogen (secondary N) is 1. The van der Waals surface area contributed by atoms with Crippen molar-refractivity contribution in [1.29, 1.82) is 0 Å². The molecule has 4 aromatic rings. The molecule has 6 nitrogen and oxygen atoms in total. The van der Waals surface area contributed by atoms with Crippen molar-refractivity contribution in [1.82, 2.24) is 9.61 Å². The Morgan fingerprint density at radius 2 is 1.89 bits per heavy atom. The van der Waals surface area contributed by atoms with E-state index in [0.717, 1.165) is 40.7 Å². The fraction of sp³-hybridized carbons (Fsp3) is 0.259. The van der Waals surface area contributed by atoms with E-state index in [-0.39, 0.29) is 0 Å². The lowest BCUT2D eigenvalue weighted by molar-refractivity contribution is 0.415. The number of aliphatic imine (C=N–C) groups is 1. The average molecular weight is 508 g/mol. The van der Waals surface area contributed by atoms with E-state index in [2.05, 4.69) is 21.5 Å². The molecular formula is C27H27Cl2N5O. The summed E-state index contributed by atoms with van der Waals surface area (Å²) < 4.78 is 7.15. The number of nitrogens with two attached hydrogens (primary N) is 1. The Labute approximate surface area is 214 Å². The number of methoxy groups -OCH3 is 1. The average Bonchev–Trinajstić information content (AvgIpc) is 3.30. The molecular weight excluding hydrogens is 481 g/mol. The first-order chi connectivity index (χ1) is 17.0. The summed E-state index contributed by atoms with van der Waals surface area (Å²) in [6, 6.07) is 15.5. The number of amidine groups is 1. The van der Waals surface area contributed by atoms with Crippen LogP contribution in [0.3, 0.4) is 0 Å². The number of para-hydroxylation sites is 1. The zero-order valence-electron chi connectivity index (χ0n) is 19.5. The van der Waals surface area contributed by atoms with Gasteiger partial charge in [0.2, 0.25) is 0 Å². The molecule has 2 heterocycles. The number of benzene rings is 2. The minimum atomic E-state index is 0.358. The van der Waals surface area contributed by atoms with Gasteiger partial charge in [-0.25, -0.2) is 9.51 Å². The first-order valence-electron chi connectivity index (χ1n) is 11.7. The minimum Gasteiger partial charge on any atom is -0.497 e. The van der Waals surface area contributed by atoms with Crippen molar-refractivity contribution in [3.8, 4) is 16.9 Å². The van der Waals surface area contributed by atoms with E-state index in [1.807, 2.05) is 47.1 Å². The molecule has 0 bridgehead atoms. The SMILES string of the molecule is COc1ccc(-c2cc3c(NC4CCCCC4)c(C(N)=Nc4ccccc4Cl)cnn3c2)c(Cl)c1. The Balaban J connectivity index is 1.62. The van der Waals surface area contributed by atoms with E-state index in [1.54, 1.807) is 19.4 Å². The third kappa shape index (κ3) is 4.95. The van der Waals surface area contributed by atoms with Crippen LogP contribution in [0.5, 0.6) is 5.75 Å². The summed E-state index contributed by atoms with van der Waals surface area (Å²) in [6.07, 6.45) is 9.67. The third-order valence-electron chi connectivity index (χ3n) is 6.45. The van der Waals surface area contributed by atoms with Crippen LogP contribution in [0.25, 0.3) is 16.6 Å². The monoisotopic (exact) mass is 507 g/mol. The van der Waals surface area contributed by atoms with Crippen molar-refractivity contribution in [2.75, 3.05) is 12.4 Å². The lowest BCUT2D eigenvalue weighted by Gasteiger charge is -2.25. The molecule has 3 N–H and O–H groups in total. The van der Waals surface area contributed by atoms with Gasteiger partial charge in [-0.2, -0.15) is 5.10 Å². The zero-order valence-corrected chi connectivity index (χ0v) is 21.0. The van der Waals surface area contributed by atoms with E-state index in [9.17, 15) is 0 Å². The Bertz CT molecular complexity index is 1390. The summed E-state index contributed by atoms with van der Waals surface area (Å²) in [5.41, 5.74) is 11.6. The largest absolute Gasteiger partial charge is 0.497 e. The Kier molecular flexibility index (Phi) is 6.84. The molecule has 0 radical (unpaired) electrons. The van der Waals surface area contributed by atoms with Crippen molar-refractivity contribution >= 4 is 45.9 Å². The number of fused-ring (bicyclic) bond motifs is 1. The fourth-order valence-electron chi connectivity index (χ4n) is 4.59. The first-order valence-corrected chi connectivity index (χ1v) is 12.5. The van der Waals surface area contributed by atoms with E-state index < -0.39 is 0 Å². The highest BCUT2D eigenvalue weighted by Crippen LogP contribution is 2.35. The molecule has 1 aliphatic carbocycles. The molecule has 5 rings (SSSR count). The van der Waals surface area contributed by atoms with Crippen molar-refractivity contribution in [2.45, 2.75) is 38.1 Å². The maximum atomic E-state index is 6.58. The Morgan fingerprint density at radius 3 is 2.63 bits per heavy atom. The molecule has 1 saturated carbocycles. The number of halogens is 2. The lowest BCUT2D eigenvalue weighted by atomic mass is 9.95. The molecule has 35 heavy (non-hydrogen) atoms. The summed E-state index contributed by atoms with van der Waals surface area (Å²) in [5, 5.41) is 9.57. The van der Waals surface area contributed by atoms with Crippen molar-refractivity contribution in [2.24, 2.45) is 10.7 Å². The van der Waals surface area contributed by atoms with Gasteiger partial charge >= 0.3 is 0 Å². The number of anilines is 1. The van der Waals surface area contributed by atoms with Crippen LogP contribution < -0.4 is 15.8 Å². The van der Waals surface area contributed by atoms with Crippen LogP contribution in [0.4, 0.5) is 11.4 Å². The molecule has 0 unspecified atom stereocenters. The predicted octanol–water partition coefficient (Wildman–Crippen LogP) is 7.10. The van der Waals surface area contributed by atoms with E-state index in [0.29, 0.717) is 33.4 Å². The van der Waals surface area contributed by atoms with E-state index in [4.69, 9.17) is 33.7 Å². The second kappa shape index (κ2) is 10.2. The number of ether oxygens (including phenoxy) is 1. The van der Waals surface area contributed by atoms with Crippen molar-refractivity contribution < 1.29 is 4.74 Å². The van der Waals surface area contributed by atoms with Crippen molar-refractivity contribution in [3.05, 3.63) is 76.5 Å². The number of nitrogens with zero attached hydrogens (tertiary/aromatic N) is 3. The standard InChI is InChI=1S/C27H27Cl2N5O/c1-35-19-11-12-20(23(29)14-19)17-13-25-26(32-18-7-3-2-4-8-18)21(15-31-34(25)16-17)27(30)33-24-10-6-5-9-22(24)28/h5-6,9-16,18,32H,2-4,7-8H2,1H3,(H2,30,33). The molecule has 2 aromatic carbocycles. The van der Waals surface area contributed by atoms with Crippen LogP contribution >= 0.6 is 23.2 Å². The van der Waals surface area contributed by atoms with Crippen LogP contribution in [0.2, 0.25) is 10.0 Å². The normalized spacial score (nSPS) is 14.9. The Morgan fingerprint density at radius 1 is 1.09 bits per heavy atom. The summed E-state index contributed by atoms with van der Waals surface area (Å²) >= 11 is 12.9. The molecule has 0 aliphatic heterocycles. The molecule has 180 valence electrons. The maximum absolute atomic E-state index is 6.58. The van der Waals surface area contributed by atoms with Gasteiger partial charge in [-0.05, 0) is 49.2 Å². The summed E-state index contributed by atoms with van der Waals surface area (Å²) in [4.78, 5) is 4.63. The number of hydrogen-bond acceptors (Lipinski definition) is 4. The van der Waals surface area contributed by atoms with Crippen LogP contribution in [-0.2, 0) is 0 Å². The summed E-state index contributed by atoms with van der Waals surface area (Å²) in [5.74, 6) is 1.07. The summed E-state index contributed by atoms with van der Waals surface area (Å²) in [7, 11) is 1.63. The third-order valence-corrected chi connectivity index (χ3v) is 7.08. The van der Waals surface area contributed by atoms with Crippen LogP contribution in [0.1, 0.15) is 37.7 Å². The molecule has 1 aliphatic rings. The fourth-order valence-corrected chi connectivity index (χ4v) is 5.05. The molecule has 0 amide bonds. The van der Waals surface area contributed by atoms with Crippen LogP contribution in [0, 0.1) is 0 Å². The highest BCUT2D eigenvalue weighted by atomic mass is 35.5. The van der Waals surface area contributed by atoms with Gasteiger partial charge in [-0.3, -0.25) is 0 Å². The van der Waals surface area contributed by atoms with Gasteiger partial charge in [-0.15, -0.1) is 0 Å². The Hall–Kier alpha value is -3.22. The van der Waals surface area contributed by atoms with Crippen LogP contribution in [0.15, 0.2) is 65.9 Å². The molecule has 0 atom stereocenters. The van der Waals surface area contributed by atoms with Crippen LogP contribution in [-0.4, -0.2) is 28.6 Å². The number of aromatic nitrogens is 2.